The van der Waals surface area contributed by atoms with Crippen molar-refractivity contribution in [3.8, 4) is 23.6 Å². The summed E-state index contributed by atoms with van der Waals surface area (Å²) in [6, 6.07) is 14.6. The molecule has 3 amide bonds. The average molecular weight is 562 g/mol. The molecule has 2 fully saturated rings. The lowest BCUT2D eigenvalue weighted by Gasteiger charge is -2.35. The fourth-order valence-electron chi connectivity index (χ4n) is 6.37. The standard InChI is InChI=1S/C34H32FN5O2/c1-3-22-12-14-38(18-22)34(42)36-26-10-11-28(30(35)17-26)31-20-39-19-25(16-29(24-8-9-24)32(39)37-31)33(41)40-15-13-23-6-4-5-7-27(23)21(40)2/h1,4-7,10-11,16-17,19-22,24H,8-9,12-15,18H2,2H3,(H,36,42)/t21-,22?/m1/s1. The molecule has 2 aliphatic heterocycles. The number of halogens is 1. The molecule has 1 N–H and O–H groups in total. The number of rotatable bonds is 4. The Bertz CT molecular complexity index is 1770. The van der Waals surface area contributed by atoms with Crippen LogP contribution < -0.4 is 5.32 Å². The van der Waals surface area contributed by atoms with Crippen LogP contribution in [0.2, 0.25) is 0 Å². The molecule has 8 heteroatoms. The lowest BCUT2D eigenvalue weighted by atomic mass is 9.93. The van der Waals surface area contributed by atoms with Crippen molar-refractivity contribution in [1.82, 2.24) is 19.2 Å². The van der Waals surface area contributed by atoms with E-state index in [-0.39, 0.29) is 23.9 Å². The first-order valence-corrected chi connectivity index (χ1v) is 14.6. The summed E-state index contributed by atoms with van der Waals surface area (Å²) in [7, 11) is 0. The van der Waals surface area contributed by atoms with Gasteiger partial charge in [-0.05, 0) is 79.5 Å². The summed E-state index contributed by atoms with van der Waals surface area (Å²) in [5.74, 6) is 2.61. The van der Waals surface area contributed by atoms with E-state index < -0.39 is 5.82 Å². The number of nitrogens with one attached hydrogen (secondary N) is 1. The molecule has 1 saturated heterocycles. The van der Waals surface area contributed by atoms with Crippen LogP contribution >= 0.6 is 0 Å². The first-order chi connectivity index (χ1) is 20.4. The number of likely N-dealkylation sites (tertiary alicyclic amines) is 1. The molecule has 1 aliphatic carbocycles. The van der Waals surface area contributed by atoms with Crippen molar-refractivity contribution in [2.75, 3.05) is 25.0 Å². The molecule has 0 radical (unpaired) electrons. The van der Waals surface area contributed by atoms with Crippen molar-refractivity contribution in [3.63, 3.8) is 0 Å². The Kier molecular flexibility index (Phi) is 6.46. The number of imidazole rings is 1. The van der Waals surface area contributed by atoms with Gasteiger partial charge in [0.05, 0.1) is 17.3 Å². The molecule has 1 unspecified atom stereocenters. The number of anilines is 1. The highest BCUT2D eigenvalue weighted by molar-refractivity contribution is 5.95. The summed E-state index contributed by atoms with van der Waals surface area (Å²) >= 11 is 0. The third-order valence-electron chi connectivity index (χ3n) is 8.91. The molecule has 0 bridgehead atoms. The Hall–Kier alpha value is -4.64. The van der Waals surface area contributed by atoms with Crippen LogP contribution in [0.1, 0.15) is 65.2 Å². The minimum Gasteiger partial charge on any atom is -0.331 e. The van der Waals surface area contributed by atoms with Crippen molar-refractivity contribution < 1.29 is 14.0 Å². The maximum Gasteiger partial charge on any atom is 0.321 e. The number of urea groups is 1. The maximum atomic E-state index is 15.4. The molecule has 7 rings (SSSR count). The zero-order valence-electron chi connectivity index (χ0n) is 23.5. The first-order valence-electron chi connectivity index (χ1n) is 14.6. The van der Waals surface area contributed by atoms with Gasteiger partial charge in [0.15, 0.2) is 0 Å². The molecule has 2 aromatic carbocycles. The second-order valence-electron chi connectivity index (χ2n) is 11.7. The smallest absolute Gasteiger partial charge is 0.321 e. The lowest BCUT2D eigenvalue weighted by molar-refractivity contribution is 0.0677. The zero-order chi connectivity index (χ0) is 29.0. The third-order valence-corrected chi connectivity index (χ3v) is 8.91. The van der Waals surface area contributed by atoms with Gasteiger partial charge in [0.25, 0.3) is 5.91 Å². The van der Waals surface area contributed by atoms with Crippen LogP contribution in [0.3, 0.4) is 0 Å². The fourth-order valence-corrected chi connectivity index (χ4v) is 6.37. The number of amides is 3. The average Bonchev–Trinajstić information content (AvgIpc) is 3.56. The summed E-state index contributed by atoms with van der Waals surface area (Å²) < 4.78 is 17.3. The first kappa shape index (κ1) is 26.3. The van der Waals surface area contributed by atoms with Crippen LogP contribution in [0, 0.1) is 24.1 Å². The second-order valence-corrected chi connectivity index (χ2v) is 11.7. The topological polar surface area (TPSA) is 70.0 Å². The fraction of sp³-hybridized carbons (Fsp3) is 0.324. The van der Waals surface area contributed by atoms with E-state index in [0.717, 1.165) is 36.9 Å². The third kappa shape index (κ3) is 4.69. The van der Waals surface area contributed by atoms with Gasteiger partial charge in [-0.15, -0.1) is 12.3 Å². The highest BCUT2D eigenvalue weighted by Crippen LogP contribution is 2.43. The SMILES string of the molecule is C#CC1CCN(C(=O)Nc2ccc(-c3cn4cc(C(=O)N5CCc6ccccc6[C@H]5C)cc(C5CC5)c4n3)c(F)c2)C1. The molecule has 3 aliphatic rings. The van der Waals surface area contributed by atoms with Crippen molar-refractivity contribution in [2.24, 2.45) is 5.92 Å². The molecule has 212 valence electrons. The molecule has 7 nitrogen and oxygen atoms in total. The summed E-state index contributed by atoms with van der Waals surface area (Å²) in [6.45, 7) is 3.83. The van der Waals surface area contributed by atoms with E-state index in [4.69, 9.17) is 11.4 Å². The molecule has 2 atom stereocenters. The number of carbonyl (C=O) groups excluding carboxylic acids is 2. The van der Waals surface area contributed by atoms with Crippen molar-refractivity contribution in [1.29, 1.82) is 0 Å². The van der Waals surface area contributed by atoms with E-state index in [1.54, 1.807) is 23.2 Å². The lowest BCUT2D eigenvalue weighted by Crippen LogP contribution is -2.39. The number of hydrogen-bond donors (Lipinski definition) is 1. The number of benzene rings is 2. The van der Waals surface area contributed by atoms with Crippen molar-refractivity contribution in [3.05, 3.63) is 89.0 Å². The predicted octanol–water partition coefficient (Wildman–Crippen LogP) is 6.26. The number of terminal acetylenes is 1. The molecule has 42 heavy (non-hydrogen) atoms. The Labute approximate surface area is 244 Å². The number of hydrogen-bond acceptors (Lipinski definition) is 3. The monoisotopic (exact) mass is 561 g/mol. The number of pyridine rings is 1. The van der Waals surface area contributed by atoms with E-state index in [1.807, 2.05) is 33.7 Å². The summed E-state index contributed by atoms with van der Waals surface area (Å²) in [4.78, 5) is 34.9. The molecule has 1 saturated carbocycles. The van der Waals surface area contributed by atoms with E-state index in [0.29, 0.717) is 48.1 Å². The van der Waals surface area contributed by atoms with Crippen LogP contribution in [0.5, 0.6) is 0 Å². The van der Waals surface area contributed by atoms with E-state index in [2.05, 4.69) is 30.3 Å². The molecule has 4 aromatic rings. The van der Waals surface area contributed by atoms with E-state index >= 15 is 4.39 Å². The van der Waals surface area contributed by atoms with Crippen LogP contribution in [0.4, 0.5) is 14.9 Å². The minimum atomic E-state index is -0.482. The highest BCUT2D eigenvalue weighted by atomic mass is 19.1. The van der Waals surface area contributed by atoms with Gasteiger partial charge < -0.3 is 19.5 Å². The minimum absolute atomic E-state index is 0.00565. The predicted molar refractivity (Wildman–Crippen MR) is 160 cm³/mol. The number of carbonyl (C=O) groups is 2. The van der Waals surface area contributed by atoms with Crippen LogP contribution in [0.15, 0.2) is 60.9 Å². The van der Waals surface area contributed by atoms with Gasteiger partial charge in [-0.2, -0.15) is 0 Å². The van der Waals surface area contributed by atoms with Gasteiger partial charge in [0, 0.05) is 49.2 Å². The Morgan fingerprint density at radius 2 is 1.88 bits per heavy atom. The highest BCUT2D eigenvalue weighted by Gasteiger charge is 2.32. The largest absolute Gasteiger partial charge is 0.331 e. The van der Waals surface area contributed by atoms with Gasteiger partial charge in [-0.1, -0.05) is 24.3 Å². The Morgan fingerprint density at radius 1 is 1.05 bits per heavy atom. The van der Waals surface area contributed by atoms with Gasteiger partial charge in [0.2, 0.25) is 0 Å². The van der Waals surface area contributed by atoms with Crippen LogP contribution in [-0.4, -0.2) is 50.8 Å². The molecule has 0 spiro atoms. The summed E-state index contributed by atoms with van der Waals surface area (Å²) in [6.07, 6.45) is 12.8. The molecular formula is C34H32FN5O2. The second kappa shape index (κ2) is 10.3. The van der Waals surface area contributed by atoms with Crippen LogP contribution in [-0.2, 0) is 6.42 Å². The van der Waals surface area contributed by atoms with Gasteiger partial charge >= 0.3 is 6.03 Å². The number of nitrogens with zero attached hydrogens (tertiary/aromatic N) is 4. The van der Waals surface area contributed by atoms with E-state index in [9.17, 15) is 9.59 Å². The normalized spacial score (nSPS) is 19.9. The Balaban J connectivity index is 1.16. The number of fused-ring (bicyclic) bond motifs is 2. The van der Waals surface area contributed by atoms with Crippen molar-refractivity contribution >= 4 is 23.3 Å². The van der Waals surface area contributed by atoms with Gasteiger partial charge in [-0.3, -0.25) is 4.79 Å². The van der Waals surface area contributed by atoms with Gasteiger partial charge in [0.1, 0.15) is 11.5 Å². The van der Waals surface area contributed by atoms with Gasteiger partial charge in [-0.25, -0.2) is 14.2 Å². The van der Waals surface area contributed by atoms with Crippen LogP contribution in [0.25, 0.3) is 16.9 Å². The van der Waals surface area contributed by atoms with Crippen molar-refractivity contribution in [2.45, 2.75) is 44.6 Å². The Morgan fingerprint density at radius 3 is 2.64 bits per heavy atom. The molecular weight excluding hydrogens is 529 g/mol. The zero-order valence-corrected chi connectivity index (χ0v) is 23.5. The quantitative estimate of drug-likeness (QED) is 0.299. The summed E-state index contributed by atoms with van der Waals surface area (Å²) in [5, 5.41) is 2.78. The maximum absolute atomic E-state index is 15.4. The summed E-state index contributed by atoms with van der Waals surface area (Å²) in [5.41, 5.74) is 6.06. The van der Waals surface area contributed by atoms with E-state index in [1.165, 1.54) is 17.2 Å². The number of aromatic nitrogens is 2. The molecule has 4 heterocycles. The molecule has 2 aromatic heterocycles.